The molecule has 3 N–H and O–H groups in total. The van der Waals surface area contributed by atoms with E-state index >= 15 is 0 Å². The number of aryl methyl sites for hydroxylation is 1. The van der Waals surface area contributed by atoms with Crippen molar-refractivity contribution in [3.8, 4) is 0 Å². The van der Waals surface area contributed by atoms with E-state index in [4.69, 9.17) is 5.84 Å². The molecule has 1 heterocycles. The van der Waals surface area contributed by atoms with Gasteiger partial charge in [-0.1, -0.05) is 0 Å². The number of nitrogens with one attached hydrogen (secondary N) is 1. The van der Waals surface area contributed by atoms with E-state index < -0.39 is 0 Å². The Morgan fingerprint density at radius 1 is 1.55 bits per heavy atom. The van der Waals surface area contributed by atoms with Crippen molar-refractivity contribution in [2.24, 2.45) is 11.8 Å². The number of hydrogen-bond acceptors (Lipinski definition) is 2. The van der Waals surface area contributed by atoms with Gasteiger partial charge in [-0.05, 0) is 49.9 Å². The van der Waals surface area contributed by atoms with E-state index in [1.54, 1.807) is 6.07 Å². The summed E-state index contributed by atoms with van der Waals surface area (Å²) in [5.41, 5.74) is 5.60. The van der Waals surface area contributed by atoms with Gasteiger partial charge in [0.2, 0.25) is 5.91 Å². The SMILES string of the molecule is CCn1c2c(c3cc(F)ccc31)CC(C(=O)NN)CC2. The largest absolute Gasteiger partial charge is 0.345 e. The van der Waals surface area contributed by atoms with Gasteiger partial charge >= 0.3 is 0 Å². The zero-order valence-corrected chi connectivity index (χ0v) is 11.4. The summed E-state index contributed by atoms with van der Waals surface area (Å²) in [5, 5.41) is 0.927. The lowest BCUT2D eigenvalue weighted by molar-refractivity contribution is -0.125. The maximum absolute atomic E-state index is 13.5. The first-order chi connectivity index (χ1) is 9.65. The third kappa shape index (κ3) is 1.89. The maximum atomic E-state index is 13.5. The lowest BCUT2D eigenvalue weighted by Gasteiger charge is -2.22. The number of benzene rings is 1. The third-order valence-electron chi connectivity index (χ3n) is 4.26. The first-order valence-electron chi connectivity index (χ1n) is 6.95. The van der Waals surface area contributed by atoms with Gasteiger partial charge < -0.3 is 4.57 Å². The van der Waals surface area contributed by atoms with E-state index in [1.165, 1.54) is 11.8 Å². The molecule has 0 radical (unpaired) electrons. The molecule has 1 aliphatic carbocycles. The Kier molecular flexibility index (Phi) is 3.22. The van der Waals surface area contributed by atoms with E-state index in [0.29, 0.717) is 6.42 Å². The molecule has 3 rings (SSSR count). The van der Waals surface area contributed by atoms with E-state index in [2.05, 4.69) is 16.9 Å². The number of hydrogen-bond donors (Lipinski definition) is 2. The summed E-state index contributed by atoms with van der Waals surface area (Å²) in [6.45, 7) is 2.94. The molecule has 4 nitrogen and oxygen atoms in total. The Balaban J connectivity index is 2.14. The van der Waals surface area contributed by atoms with Crippen molar-refractivity contribution in [2.45, 2.75) is 32.7 Å². The molecule has 0 saturated carbocycles. The number of aromatic nitrogens is 1. The van der Waals surface area contributed by atoms with Crippen LogP contribution in [0.5, 0.6) is 0 Å². The van der Waals surface area contributed by atoms with Crippen molar-refractivity contribution in [1.29, 1.82) is 0 Å². The fourth-order valence-corrected chi connectivity index (χ4v) is 3.32. The predicted octanol–water partition coefficient (Wildman–Crippen LogP) is 1.90. The van der Waals surface area contributed by atoms with Gasteiger partial charge in [0.05, 0.1) is 0 Å². The quantitative estimate of drug-likeness (QED) is 0.499. The number of fused-ring (bicyclic) bond motifs is 3. The highest BCUT2D eigenvalue weighted by atomic mass is 19.1. The van der Waals surface area contributed by atoms with Gasteiger partial charge in [0.15, 0.2) is 0 Å². The molecule has 1 atom stereocenters. The van der Waals surface area contributed by atoms with Crippen LogP contribution in [0.15, 0.2) is 18.2 Å². The lowest BCUT2D eigenvalue weighted by Crippen LogP contribution is -2.38. The van der Waals surface area contributed by atoms with Crippen molar-refractivity contribution < 1.29 is 9.18 Å². The van der Waals surface area contributed by atoms with Crippen LogP contribution in [0.4, 0.5) is 4.39 Å². The first-order valence-corrected chi connectivity index (χ1v) is 6.95. The van der Waals surface area contributed by atoms with Crippen LogP contribution in [0.25, 0.3) is 10.9 Å². The molecule has 0 spiro atoms. The molecule has 0 saturated heterocycles. The minimum atomic E-state index is -0.237. The van der Waals surface area contributed by atoms with Crippen molar-refractivity contribution in [2.75, 3.05) is 0 Å². The number of carbonyl (C=O) groups is 1. The smallest absolute Gasteiger partial charge is 0.237 e. The van der Waals surface area contributed by atoms with E-state index in [0.717, 1.165) is 35.9 Å². The summed E-state index contributed by atoms with van der Waals surface area (Å²) >= 11 is 0. The molecular weight excluding hydrogens is 257 g/mol. The van der Waals surface area contributed by atoms with Gasteiger partial charge in [0, 0.05) is 29.1 Å². The molecule has 106 valence electrons. The second-order valence-electron chi connectivity index (χ2n) is 5.28. The monoisotopic (exact) mass is 275 g/mol. The van der Waals surface area contributed by atoms with Crippen LogP contribution in [0, 0.1) is 11.7 Å². The maximum Gasteiger partial charge on any atom is 0.237 e. The average Bonchev–Trinajstić information content (AvgIpc) is 2.78. The molecule has 5 heteroatoms. The summed E-state index contributed by atoms with van der Waals surface area (Å²) in [7, 11) is 0. The molecule has 0 bridgehead atoms. The molecule has 1 amide bonds. The molecule has 2 aromatic rings. The Morgan fingerprint density at radius 3 is 3.05 bits per heavy atom. The minimum absolute atomic E-state index is 0.119. The fraction of sp³-hybridized carbons (Fsp3) is 0.400. The molecule has 1 aromatic heterocycles. The fourth-order valence-electron chi connectivity index (χ4n) is 3.32. The van der Waals surface area contributed by atoms with Crippen LogP contribution >= 0.6 is 0 Å². The Morgan fingerprint density at radius 2 is 2.35 bits per heavy atom. The number of hydrazine groups is 1. The number of halogens is 1. The topological polar surface area (TPSA) is 60.0 Å². The molecular formula is C15H18FN3O. The molecule has 0 aliphatic heterocycles. The first kappa shape index (κ1) is 13.1. The van der Waals surface area contributed by atoms with Crippen molar-refractivity contribution in [3.05, 3.63) is 35.3 Å². The summed E-state index contributed by atoms with van der Waals surface area (Å²) in [5.74, 6) is 4.74. The second-order valence-corrected chi connectivity index (χ2v) is 5.28. The molecule has 0 fully saturated rings. The molecule has 1 aliphatic rings. The number of nitrogens with two attached hydrogens (primary N) is 1. The summed E-state index contributed by atoms with van der Waals surface area (Å²) in [4.78, 5) is 11.7. The van der Waals surface area contributed by atoms with Gasteiger partial charge in [-0.2, -0.15) is 0 Å². The van der Waals surface area contributed by atoms with Crippen LogP contribution in [-0.4, -0.2) is 10.5 Å². The number of amides is 1. The lowest BCUT2D eigenvalue weighted by atomic mass is 9.86. The molecule has 20 heavy (non-hydrogen) atoms. The highest BCUT2D eigenvalue weighted by molar-refractivity contribution is 5.87. The Labute approximate surface area is 116 Å². The van der Waals surface area contributed by atoms with Crippen LogP contribution in [0.1, 0.15) is 24.6 Å². The van der Waals surface area contributed by atoms with E-state index in [-0.39, 0.29) is 17.6 Å². The van der Waals surface area contributed by atoms with Gasteiger partial charge in [0.25, 0.3) is 0 Å². The number of carbonyl (C=O) groups excluding carboxylic acids is 1. The second kappa shape index (κ2) is 4.90. The van der Waals surface area contributed by atoms with E-state index in [1.807, 2.05) is 6.07 Å². The average molecular weight is 275 g/mol. The minimum Gasteiger partial charge on any atom is -0.345 e. The third-order valence-corrected chi connectivity index (χ3v) is 4.26. The van der Waals surface area contributed by atoms with Crippen molar-refractivity contribution in [1.82, 2.24) is 9.99 Å². The zero-order valence-electron chi connectivity index (χ0n) is 11.4. The van der Waals surface area contributed by atoms with Crippen LogP contribution in [-0.2, 0) is 24.2 Å². The Bertz CT molecular complexity index is 677. The highest BCUT2D eigenvalue weighted by Gasteiger charge is 2.28. The zero-order chi connectivity index (χ0) is 14.3. The summed E-state index contributed by atoms with van der Waals surface area (Å²) < 4.78 is 15.8. The standard InChI is InChI=1S/C15H18FN3O/c1-2-19-13-5-3-9(15(20)18-17)7-11(13)12-8-10(16)4-6-14(12)19/h4,6,8-9H,2-3,5,7,17H2,1H3,(H,18,20). The number of rotatable bonds is 2. The predicted molar refractivity (Wildman–Crippen MR) is 75.4 cm³/mol. The van der Waals surface area contributed by atoms with Gasteiger partial charge in [-0.15, -0.1) is 0 Å². The van der Waals surface area contributed by atoms with Gasteiger partial charge in [-0.3, -0.25) is 10.2 Å². The molecule has 1 unspecified atom stereocenters. The van der Waals surface area contributed by atoms with Gasteiger partial charge in [0.1, 0.15) is 5.82 Å². The normalized spacial score (nSPS) is 18.1. The summed E-state index contributed by atoms with van der Waals surface area (Å²) in [6.07, 6.45) is 2.25. The number of nitrogens with zero attached hydrogens (tertiary/aromatic N) is 1. The molecule has 1 aromatic carbocycles. The van der Waals surface area contributed by atoms with Gasteiger partial charge in [-0.25, -0.2) is 10.2 Å². The highest BCUT2D eigenvalue weighted by Crippen LogP contribution is 2.34. The van der Waals surface area contributed by atoms with Crippen molar-refractivity contribution in [3.63, 3.8) is 0 Å². The Hall–Kier alpha value is -1.88. The summed E-state index contributed by atoms with van der Waals surface area (Å²) in [6, 6.07) is 4.89. The van der Waals surface area contributed by atoms with E-state index in [9.17, 15) is 9.18 Å². The van der Waals surface area contributed by atoms with Crippen molar-refractivity contribution >= 4 is 16.8 Å². The van der Waals surface area contributed by atoms with Crippen LogP contribution < -0.4 is 11.3 Å². The van der Waals surface area contributed by atoms with Crippen LogP contribution in [0.3, 0.4) is 0 Å². The van der Waals surface area contributed by atoms with Crippen LogP contribution in [0.2, 0.25) is 0 Å².